The second-order valence-corrected chi connectivity index (χ2v) is 5.84. The summed E-state index contributed by atoms with van der Waals surface area (Å²) in [6.07, 6.45) is 0. The minimum Gasteiger partial charge on any atom is -0.508 e. The van der Waals surface area contributed by atoms with Crippen LogP contribution in [0.3, 0.4) is 0 Å². The van der Waals surface area contributed by atoms with Gasteiger partial charge in [0.25, 0.3) is 0 Å². The molecule has 7 heteroatoms. The van der Waals surface area contributed by atoms with Gasteiger partial charge in [-0.25, -0.2) is 4.79 Å². The second kappa shape index (κ2) is 6.21. The van der Waals surface area contributed by atoms with E-state index in [1.165, 1.54) is 0 Å². The number of esters is 1. The Labute approximate surface area is 152 Å². The molecule has 0 bridgehead atoms. The molecule has 27 heavy (non-hydrogen) atoms. The molecular formula is C20H14O7. The molecule has 0 atom stereocenters. The SMILES string of the molecule is CCOC(=O)c1oc2cc(O)cc(O)c2c(=O)c1-c1cc2ccccc2o1. The first-order chi connectivity index (χ1) is 13.0. The topological polar surface area (TPSA) is 110 Å². The number of aromatic hydroxyl groups is 2. The Morgan fingerprint density at radius 2 is 1.85 bits per heavy atom. The maximum atomic E-state index is 13.1. The highest BCUT2D eigenvalue weighted by Crippen LogP contribution is 2.34. The van der Waals surface area contributed by atoms with Crippen LogP contribution in [0.4, 0.5) is 0 Å². The standard InChI is InChI=1S/C20H14O7/c1-2-25-20(24)19-17(14-7-10-5-3-4-6-13(10)26-14)18(23)16-12(22)8-11(21)9-15(16)27-19/h3-9,21-22H,2H2,1H3. The van der Waals surface area contributed by atoms with Crippen molar-refractivity contribution in [1.29, 1.82) is 0 Å². The van der Waals surface area contributed by atoms with Crippen LogP contribution in [-0.4, -0.2) is 22.8 Å². The highest BCUT2D eigenvalue weighted by atomic mass is 16.5. The number of phenolic OH excluding ortho intramolecular Hbond substituents is 2. The van der Waals surface area contributed by atoms with Crippen LogP contribution in [0.5, 0.6) is 11.5 Å². The predicted molar refractivity (Wildman–Crippen MR) is 97.0 cm³/mol. The average molecular weight is 366 g/mol. The number of benzene rings is 2. The van der Waals surface area contributed by atoms with E-state index in [1.807, 2.05) is 6.07 Å². The van der Waals surface area contributed by atoms with Crippen LogP contribution in [0.1, 0.15) is 17.5 Å². The van der Waals surface area contributed by atoms with E-state index in [-0.39, 0.29) is 40.4 Å². The van der Waals surface area contributed by atoms with Crippen LogP contribution >= 0.6 is 0 Å². The van der Waals surface area contributed by atoms with E-state index in [2.05, 4.69) is 0 Å². The molecule has 0 saturated carbocycles. The third kappa shape index (κ3) is 2.69. The van der Waals surface area contributed by atoms with Crippen molar-refractivity contribution in [3.05, 3.63) is 58.4 Å². The Bertz CT molecular complexity index is 1210. The molecule has 0 amide bonds. The normalized spacial score (nSPS) is 11.1. The number of phenols is 2. The first kappa shape index (κ1) is 16.7. The van der Waals surface area contributed by atoms with Gasteiger partial charge in [-0.1, -0.05) is 18.2 Å². The molecule has 0 saturated heterocycles. The van der Waals surface area contributed by atoms with Crippen LogP contribution in [0.25, 0.3) is 33.3 Å². The molecule has 2 N–H and O–H groups in total. The summed E-state index contributed by atoms with van der Waals surface area (Å²) >= 11 is 0. The van der Waals surface area contributed by atoms with Gasteiger partial charge in [-0.05, 0) is 19.1 Å². The number of carbonyl (C=O) groups is 1. The molecule has 0 unspecified atom stereocenters. The maximum absolute atomic E-state index is 13.1. The lowest BCUT2D eigenvalue weighted by molar-refractivity contribution is 0.0491. The first-order valence-corrected chi connectivity index (χ1v) is 8.18. The van der Waals surface area contributed by atoms with Crippen molar-refractivity contribution < 1.29 is 28.6 Å². The average Bonchev–Trinajstić information content (AvgIpc) is 3.04. The number of fused-ring (bicyclic) bond motifs is 2. The Kier molecular flexibility index (Phi) is 3.84. The molecule has 0 spiro atoms. The minimum absolute atomic E-state index is 0.0748. The molecule has 4 rings (SSSR count). The smallest absolute Gasteiger partial charge is 0.375 e. The van der Waals surface area contributed by atoms with Crippen molar-refractivity contribution in [1.82, 2.24) is 0 Å². The van der Waals surface area contributed by atoms with Gasteiger partial charge in [0, 0.05) is 17.5 Å². The van der Waals surface area contributed by atoms with E-state index in [4.69, 9.17) is 13.6 Å². The lowest BCUT2D eigenvalue weighted by Crippen LogP contribution is -2.14. The number of carbonyl (C=O) groups excluding carboxylic acids is 1. The Morgan fingerprint density at radius 3 is 2.59 bits per heavy atom. The van der Waals surface area contributed by atoms with E-state index in [0.717, 1.165) is 17.5 Å². The van der Waals surface area contributed by atoms with E-state index >= 15 is 0 Å². The number of hydrogen-bond donors (Lipinski definition) is 2. The van der Waals surface area contributed by atoms with Crippen LogP contribution in [0.15, 0.2) is 56.1 Å². The molecule has 0 radical (unpaired) electrons. The van der Waals surface area contributed by atoms with Gasteiger partial charge in [0.2, 0.25) is 11.2 Å². The minimum atomic E-state index is -0.852. The lowest BCUT2D eigenvalue weighted by Gasteiger charge is -2.09. The predicted octanol–water partition coefficient (Wildman–Crippen LogP) is 3.79. The Balaban J connectivity index is 2.10. The van der Waals surface area contributed by atoms with Crippen molar-refractivity contribution in [2.45, 2.75) is 6.92 Å². The summed E-state index contributed by atoms with van der Waals surface area (Å²) in [5.74, 6) is -1.88. The van der Waals surface area contributed by atoms with Crippen LogP contribution in [0.2, 0.25) is 0 Å². The number of hydrogen-bond acceptors (Lipinski definition) is 7. The van der Waals surface area contributed by atoms with Crippen LogP contribution in [0, 0.1) is 0 Å². The molecule has 0 aliphatic heterocycles. The molecule has 0 aliphatic carbocycles. The van der Waals surface area contributed by atoms with Crippen LogP contribution < -0.4 is 5.43 Å². The number of furan rings is 1. The van der Waals surface area contributed by atoms with E-state index in [9.17, 15) is 19.8 Å². The lowest BCUT2D eigenvalue weighted by atomic mass is 10.1. The number of rotatable bonds is 3. The fourth-order valence-corrected chi connectivity index (χ4v) is 2.95. The summed E-state index contributed by atoms with van der Waals surface area (Å²) in [7, 11) is 0. The summed E-state index contributed by atoms with van der Waals surface area (Å²) in [6.45, 7) is 1.70. The van der Waals surface area contributed by atoms with Gasteiger partial charge in [0.05, 0.1) is 6.61 Å². The van der Waals surface area contributed by atoms with Crippen molar-refractivity contribution in [2.24, 2.45) is 0 Å². The van der Waals surface area contributed by atoms with Crippen molar-refractivity contribution >= 4 is 27.9 Å². The van der Waals surface area contributed by atoms with Crippen LogP contribution in [-0.2, 0) is 4.74 Å². The Morgan fingerprint density at radius 1 is 1.07 bits per heavy atom. The zero-order valence-corrected chi connectivity index (χ0v) is 14.2. The summed E-state index contributed by atoms with van der Waals surface area (Å²) in [5.41, 5.74) is -0.439. The molecular weight excluding hydrogens is 352 g/mol. The summed E-state index contributed by atoms with van der Waals surface area (Å²) in [4.78, 5) is 25.5. The molecule has 2 aromatic heterocycles. The largest absolute Gasteiger partial charge is 0.508 e. The fraction of sp³-hybridized carbons (Fsp3) is 0.100. The molecule has 2 aromatic carbocycles. The monoisotopic (exact) mass is 366 g/mol. The highest BCUT2D eigenvalue weighted by Gasteiger charge is 2.27. The fourth-order valence-electron chi connectivity index (χ4n) is 2.95. The quantitative estimate of drug-likeness (QED) is 0.531. The molecule has 0 aliphatic rings. The van der Waals surface area contributed by atoms with E-state index < -0.39 is 17.1 Å². The zero-order chi connectivity index (χ0) is 19.1. The van der Waals surface area contributed by atoms with Gasteiger partial charge in [-0.15, -0.1) is 0 Å². The third-order valence-corrected chi connectivity index (χ3v) is 4.09. The van der Waals surface area contributed by atoms with E-state index in [0.29, 0.717) is 5.58 Å². The second-order valence-electron chi connectivity index (χ2n) is 5.84. The number of ether oxygens (including phenoxy) is 1. The van der Waals surface area contributed by atoms with Crippen molar-refractivity contribution in [2.75, 3.05) is 6.61 Å². The van der Waals surface area contributed by atoms with Gasteiger partial charge >= 0.3 is 5.97 Å². The Hall–Kier alpha value is -3.74. The van der Waals surface area contributed by atoms with Gasteiger partial charge in [-0.3, -0.25) is 4.79 Å². The van der Waals surface area contributed by atoms with Gasteiger partial charge in [0.15, 0.2) is 0 Å². The highest BCUT2D eigenvalue weighted by molar-refractivity contribution is 5.99. The van der Waals surface area contributed by atoms with Crippen molar-refractivity contribution in [3.8, 4) is 22.8 Å². The summed E-state index contributed by atoms with van der Waals surface area (Å²) in [6, 6.07) is 10.9. The molecule has 4 aromatic rings. The summed E-state index contributed by atoms with van der Waals surface area (Å²) < 4.78 is 16.3. The van der Waals surface area contributed by atoms with Crippen molar-refractivity contribution in [3.63, 3.8) is 0 Å². The third-order valence-electron chi connectivity index (χ3n) is 4.09. The van der Waals surface area contributed by atoms with Gasteiger partial charge < -0.3 is 23.8 Å². The summed E-state index contributed by atoms with van der Waals surface area (Å²) in [5, 5.41) is 20.3. The first-order valence-electron chi connectivity index (χ1n) is 8.18. The zero-order valence-electron chi connectivity index (χ0n) is 14.2. The molecule has 0 fully saturated rings. The molecule has 136 valence electrons. The molecule has 2 heterocycles. The van der Waals surface area contributed by atoms with Gasteiger partial charge in [-0.2, -0.15) is 0 Å². The molecule has 7 nitrogen and oxygen atoms in total. The van der Waals surface area contributed by atoms with Gasteiger partial charge in [0.1, 0.15) is 39.4 Å². The number of para-hydroxylation sites is 1. The van der Waals surface area contributed by atoms with E-state index in [1.54, 1.807) is 31.2 Å². The maximum Gasteiger partial charge on any atom is 0.375 e.